The number of benzene rings is 1. The highest BCUT2D eigenvalue weighted by Gasteiger charge is 2.18. The van der Waals surface area contributed by atoms with Crippen LogP contribution in [-0.4, -0.2) is 34.9 Å². The molecule has 1 heterocycles. The molecule has 2 aromatic rings. The molecule has 1 aromatic carbocycles. The van der Waals surface area contributed by atoms with Gasteiger partial charge in [-0.2, -0.15) is 0 Å². The van der Waals surface area contributed by atoms with Crippen molar-refractivity contribution >= 4 is 39.1 Å². The van der Waals surface area contributed by atoms with Gasteiger partial charge in [-0.05, 0) is 35.0 Å². The number of fused-ring (bicyclic) bond motifs is 1. The van der Waals surface area contributed by atoms with Crippen molar-refractivity contribution in [3.05, 3.63) is 29.6 Å². The topological polar surface area (TPSA) is 98.7 Å². The molecule has 0 spiro atoms. The summed E-state index contributed by atoms with van der Waals surface area (Å²) < 4.78 is 1.10. The van der Waals surface area contributed by atoms with Gasteiger partial charge in [0, 0.05) is 10.4 Å². The van der Waals surface area contributed by atoms with Crippen LogP contribution in [0.15, 0.2) is 29.6 Å². The van der Waals surface area contributed by atoms with E-state index in [1.807, 2.05) is 17.5 Å². The molecule has 19 heavy (non-hydrogen) atoms. The van der Waals surface area contributed by atoms with Crippen LogP contribution in [-0.2, 0) is 4.79 Å². The van der Waals surface area contributed by atoms with Crippen molar-refractivity contribution in [3.63, 3.8) is 0 Å². The molecule has 1 aromatic heterocycles. The number of amides is 2. The number of carboxylic acids is 1. The number of urea groups is 1. The summed E-state index contributed by atoms with van der Waals surface area (Å²) in [4.78, 5) is 22.2. The smallest absolute Gasteiger partial charge is 0.328 e. The van der Waals surface area contributed by atoms with Gasteiger partial charge in [-0.15, -0.1) is 11.3 Å². The summed E-state index contributed by atoms with van der Waals surface area (Å²) in [6, 6.07) is 5.33. The van der Waals surface area contributed by atoms with Gasteiger partial charge in [0.15, 0.2) is 6.04 Å². The van der Waals surface area contributed by atoms with Crippen LogP contribution in [0.25, 0.3) is 10.1 Å². The van der Waals surface area contributed by atoms with Gasteiger partial charge < -0.3 is 20.8 Å². The second-order valence-corrected chi connectivity index (χ2v) is 4.79. The molecule has 0 saturated carbocycles. The number of carbonyl (C=O) groups is 2. The van der Waals surface area contributed by atoms with Crippen LogP contribution in [0.1, 0.15) is 0 Å². The highest BCUT2D eigenvalue weighted by molar-refractivity contribution is 7.17. The fourth-order valence-corrected chi connectivity index (χ4v) is 2.33. The van der Waals surface area contributed by atoms with Crippen LogP contribution in [0.2, 0.25) is 0 Å². The first-order valence-electron chi connectivity index (χ1n) is 5.48. The molecule has 1 atom stereocenters. The minimum absolute atomic E-state index is 0.561. The van der Waals surface area contributed by atoms with Crippen LogP contribution in [0.4, 0.5) is 10.5 Å². The molecule has 0 fully saturated rings. The minimum Gasteiger partial charge on any atom is -0.480 e. The van der Waals surface area contributed by atoms with Crippen molar-refractivity contribution in [1.29, 1.82) is 0 Å². The van der Waals surface area contributed by atoms with Crippen molar-refractivity contribution in [3.8, 4) is 0 Å². The van der Waals surface area contributed by atoms with E-state index in [-0.39, 0.29) is 0 Å². The first-order chi connectivity index (χ1) is 9.10. The van der Waals surface area contributed by atoms with Gasteiger partial charge in [0.05, 0.1) is 6.61 Å². The molecule has 0 aliphatic rings. The van der Waals surface area contributed by atoms with Crippen LogP contribution in [0.3, 0.4) is 0 Å². The fourth-order valence-electron chi connectivity index (χ4n) is 1.56. The van der Waals surface area contributed by atoms with Crippen LogP contribution in [0.5, 0.6) is 0 Å². The molecule has 4 N–H and O–H groups in total. The maximum absolute atomic E-state index is 11.6. The first kappa shape index (κ1) is 13.3. The van der Waals surface area contributed by atoms with E-state index < -0.39 is 24.6 Å². The quantitative estimate of drug-likeness (QED) is 0.681. The Hall–Kier alpha value is -2.12. The van der Waals surface area contributed by atoms with Crippen LogP contribution >= 0.6 is 11.3 Å². The van der Waals surface area contributed by atoms with Crippen molar-refractivity contribution < 1.29 is 19.8 Å². The van der Waals surface area contributed by atoms with Gasteiger partial charge >= 0.3 is 12.0 Å². The maximum Gasteiger partial charge on any atom is 0.328 e. The third kappa shape index (κ3) is 3.21. The fraction of sp³-hybridized carbons (Fsp3) is 0.167. The Morgan fingerprint density at radius 3 is 2.79 bits per heavy atom. The third-order valence-electron chi connectivity index (χ3n) is 2.50. The van der Waals surface area contributed by atoms with Gasteiger partial charge in [0.2, 0.25) is 0 Å². The number of hydrogen-bond donors (Lipinski definition) is 4. The summed E-state index contributed by atoms with van der Waals surface area (Å²) in [7, 11) is 0. The molecular formula is C12H12N2O4S. The second-order valence-electron chi connectivity index (χ2n) is 3.85. The monoisotopic (exact) mass is 280 g/mol. The molecule has 0 radical (unpaired) electrons. The van der Waals surface area contributed by atoms with Gasteiger partial charge in [0.1, 0.15) is 0 Å². The number of nitrogens with one attached hydrogen (secondary N) is 2. The SMILES string of the molecule is O=C(Nc1ccc2sccc2c1)N[C@@H](CO)C(=O)O. The molecule has 0 aliphatic heterocycles. The lowest BCUT2D eigenvalue weighted by Gasteiger charge is -2.12. The van der Waals surface area contributed by atoms with E-state index in [0.29, 0.717) is 5.69 Å². The lowest BCUT2D eigenvalue weighted by atomic mass is 10.2. The maximum atomic E-state index is 11.6. The normalized spacial score (nSPS) is 12.1. The van der Waals surface area contributed by atoms with E-state index >= 15 is 0 Å². The minimum atomic E-state index is -1.31. The predicted octanol–water partition coefficient (Wildman–Crippen LogP) is 1.47. The Morgan fingerprint density at radius 2 is 2.11 bits per heavy atom. The highest BCUT2D eigenvalue weighted by atomic mass is 32.1. The molecule has 100 valence electrons. The molecule has 2 rings (SSSR count). The standard InChI is InChI=1S/C12H12N2O4S/c15-6-9(11(16)17)14-12(18)13-8-1-2-10-7(5-8)3-4-19-10/h1-5,9,15H,6H2,(H,16,17)(H2,13,14,18)/t9-/m0/s1. The average molecular weight is 280 g/mol. The van der Waals surface area contributed by atoms with E-state index in [9.17, 15) is 9.59 Å². The van der Waals surface area contributed by atoms with Crippen LogP contribution in [0, 0.1) is 0 Å². The zero-order valence-electron chi connectivity index (χ0n) is 9.79. The molecule has 2 amide bonds. The Bertz CT molecular complexity index is 611. The molecule has 0 saturated heterocycles. The summed E-state index contributed by atoms with van der Waals surface area (Å²) in [5, 5.41) is 25.1. The largest absolute Gasteiger partial charge is 0.480 e. The van der Waals surface area contributed by atoms with Gasteiger partial charge in [-0.1, -0.05) is 0 Å². The van der Waals surface area contributed by atoms with Gasteiger partial charge in [0.25, 0.3) is 0 Å². The summed E-state index contributed by atoms with van der Waals surface area (Å²) >= 11 is 1.59. The Morgan fingerprint density at radius 1 is 1.32 bits per heavy atom. The predicted molar refractivity (Wildman–Crippen MR) is 72.5 cm³/mol. The number of rotatable bonds is 4. The zero-order valence-corrected chi connectivity index (χ0v) is 10.6. The number of anilines is 1. The summed E-state index contributed by atoms with van der Waals surface area (Å²) in [6.45, 7) is -0.660. The second kappa shape index (κ2) is 5.68. The van der Waals surface area contributed by atoms with Crippen molar-refractivity contribution in [2.75, 3.05) is 11.9 Å². The number of hydrogen-bond acceptors (Lipinski definition) is 4. The number of thiophene rings is 1. The lowest BCUT2D eigenvalue weighted by molar-refractivity contribution is -0.140. The molecule has 0 bridgehead atoms. The zero-order chi connectivity index (χ0) is 13.8. The molecule has 0 unspecified atom stereocenters. The highest BCUT2D eigenvalue weighted by Crippen LogP contribution is 2.23. The van der Waals surface area contributed by atoms with E-state index in [2.05, 4.69) is 10.6 Å². The number of carboxylic acid groups (broad SMARTS) is 1. The molecule has 0 aliphatic carbocycles. The Balaban J connectivity index is 2.03. The Kier molecular flexibility index (Phi) is 3.98. The van der Waals surface area contributed by atoms with E-state index in [1.54, 1.807) is 23.5 Å². The Labute approximate surface area is 112 Å². The summed E-state index contributed by atoms with van der Waals surface area (Å²) in [5.74, 6) is -1.29. The summed E-state index contributed by atoms with van der Waals surface area (Å²) in [5.41, 5.74) is 0.561. The van der Waals surface area contributed by atoms with Crippen molar-refractivity contribution in [2.24, 2.45) is 0 Å². The van der Waals surface area contributed by atoms with Crippen molar-refractivity contribution in [2.45, 2.75) is 6.04 Å². The molecule has 6 nitrogen and oxygen atoms in total. The van der Waals surface area contributed by atoms with Crippen LogP contribution < -0.4 is 10.6 Å². The molecule has 7 heteroatoms. The number of carbonyl (C=O) groups excluding carboxylic acids is 1. The van der Waals surface area contributed by atoms with Crippen molar-refractivity contribution in [1.82, 2.24) is 5.32 Å². The number of aliphatic carboxylic acids is 1. The molecular weight excluding hydrogens is 268 g/mol. The lowest BCUT2D eigenvalue weighted by Crippen LogP contribution is -2.45. The number of aliphatic hydroxyl groups excluding tert-OH is 1. The van der Waals surface area contributed by atoms with E-state index in [1.165, 1.54) is 0 Å². The van der Waals surface area contributed by atoms with Gasteiger partial charge in [-0.3, -0.25) is 0 Å². The van der Waals surface area contributed by atoms with Gasteiger partial charge in [-0.25, -0.2) is 9.59 Å². The summed E-state index contributed by atoms with van der Waals surface area (Å²) in [6.07, 6.45) is 0. The van der Waals surface area contributed by atoms with E-state index in [0.717, 1.165) is 10.1 Å². The average Bonchev–Trinajstić information content (AvgIpc) is 2.82. The first-order valence-corrected chi connectivity index (χ1v) is 6.36. The van der Waals surface area contributed by atoms with E-state index in [4.69, 9.17) is 10.2 Å². The third-order valence-corrected chi connectivity index (χ3v) is 3.39. The number of aliphatic hydroxyl groups is 1.